The van der Waals surface area contributed by atoms with E-state index in [4.69, 9.17) is 5.73 Å². The molecule has 2 rings (SSSR count). The molecule has 142 valence electrons. The second-order valence-electron chi connectivity index (χ2n) is 6.09. The number of amides is 1. The van der Waals surface area contributed by atoms with Gasteiger partial charge in [0.05, 0.1) is 10.9 Å². The smallest absolute Gasteiger partial charge is 0.243 e. The topological polar surface area (TPSA) is 83.7 Å². The van der Waals surface area contributed by atoms with Crippen molar-refractivity contribution in [3.63, 3.8) is 0 Å². The number of rotatable bonds is 5. The molecule has 1 aliphatic heterocycles. The fraction of sp³-hybridized carbons (Fsp3) is 0.562. The van der Waals surface area contributed by atoms with E-state index in [0.29, 0.717) is 13.1 Å². The van der Waals surface area contributed by atoms with Gasteiger partial charge in [-0.1, -0.05) is 20.3 Å². The van der Waals surface area contributed by atoms with E-state index in [1.807, 2.05) is 13.8 Å². The normalized spacial score (nSPS) is 18.3. The molecule has 0 aliphatic carbocycles. The van der Waals surface area contributed by atoms with Crippen LogP contribution in [0.25, 0.3) is 0 Å². The molecule has 1 fully saturated rings. The van der Waals surface area contributed by atoms with Gasteiger partial charge in [-0.3, -0.25) is 4.79 Å². The molecule has 1 heterocycles. The maximum Gasteiger partial charge on any atom is 0.243 e. The van der Waals surface area contributed by atoms with Crippen LogP contribution in [0.5, 0.6) is 0 Å². The maximum absolute atomic E-state index is 13.0. The van der Waals surface area contributed by atoms with Gasteiger partial charge >= 0.3 is 0 Å². The lowest BCUT2D eigenvalue weighted by molar-refractivity contribution is -0.134. The van der Waals surface area contributed by atoms with Gasteiger partial charge in [-0.2, -0.15) is 4.31 Å². The number of hydrogen-bond donors (Lipinski definition) is 1. The highest BCUT2D eigenvalue weighted by Gasteiger charge is 2.32. The number of carbonyl (C=O) groups is 1. The van der Waals surface area contributed by atoms with Gasteiger partial charge in [0.1, 0.15) is 5.82 Å². The van der Waals surface area contributed by atoms with Crippen molar-refractivity contribution < 1.29 is 17.6 Å². The van der Waals surface area contributed by atoms with Crippen LogP contribution in [0.3, 0.4) is 0 Å². The minimum absolute atomic E-state index is 0. The molecule has 2 unspecified atom stereocenters. The molecule has 25 heavy (non-hydrogen) atoms. The monoisotopic (exact) mass is 393 g/mol. The Hall–Kier alpha value is -1.22. The van der Waals surface area contributed by atoms with Crippen molar-refractivity contribution in [3.05, 3.63) is 30.1 Å². The predicted molar refractivity (Wildman–Crippen MR) is 96.4 cm³/mol. The summed E-state index contributed by atoms with van der Waals surface area (Å²) in [6, 6.07) is 4.19. The Morgan fingerprint density at radius 2 is 1.72 bits per heavy atom. The quantitative estimate of drug-likeness (QED) is 0.820. The van der Waals surface area contributed by atoms with Crippen molar-refractivity contribution in [2.24, 2.45) is 11.7 Å². The summed E-state index contributed by atoms with van der Waals surface area (Å²) in [6.07, 6.45) is 0.811. The molecule has 0 radical (unpaired) electrons. The first-order chi connectivity index (χ1) is 11.3. The highest BCUT2D eigenvalue weighted by molar-refractivity contribution is 7.89. The number of benzene rings is 1. The SMILES string of the molecule is CCC(C)C(N)C(=O)N1CCN(S(=O)(=O)c2ccc(F)cc2)CC1.Cl. The van der Waals surface area contributed by atoms with Crippen LogP contribution in [-0.2, 0) is 14.8 Å². The van der Waals surface area contributed by atoms with E-state index < -0.39 is 21.9 Å². The number of carbonyl (C=O) groups excluding carboxylic acids is 1. The van der Waals surface area contributed by atoms with Gasteiger partial charge in [0.2, 0.25) is 15.9 Å². The lowest BCUT2D eigenvalue weighted by Gasteiger charge is -2.36. The van der Waals surface area contributed by atoms with E-state index in [1.54, 1.807) is 4.90 Å². The van der Waals surface area contributed by atoms with Crippen molar-refractivity contribution in [1.29, 1.82) is 0 Å². The Bertz CT molecular complexity index is 676. The second kappa shape index (κ2) is 8.93. The summed E-state index contributed by atoms with van der Waals surface area (Å²) in [7, 11) is -3.67. The average molecular weight is 394 g/mol. The van der Waals surface area contributed by atoms with Gasteiger partial charge in [-0.25, -0.2) is 12.8 Å². The summed E-state index contributed by atoms with van der Waals surface area (Å²) in [4.78, 5) is 14.0. The first-order valence-corrected chi connectivity index (χ1v) is 9.51. The Morgan fingerprint density at radius 1 is 1.20 bits per heavy atom. The van der Waals surface area contributed by atoms with Gasteiger partial charge in [0.25, 0.3) is 0 Å². The molecule has 1 amide bonds. The van der Waals surface area contributed by atoms with E-state index in [-0.39, 0.29) is 42.2 Å². The van der Waals surface area contributed by atoms with Gasteiger partial charge in [-0.15, -0.1) is 12.4 Å². The highest BCUT2D eigenvalue weighted by Crippen LogP contribution is 2.19. The van der Waals surface area contributed by atoms with Crippen LogP contribution < -0.4 is 5.73 Å². The van der Waals surface area contributed by atoms with Crippen LogP contribution in [-0.4, -0.2) is 55.8 Å². The Labute approximate surface area is 154 Å². The summed E-state index contributed by atoms with van der Waals surface area (Å²) in [5.41, 5.74) is 5.97. The van der Waals surface area contributed by atoms with E-state index in [1.165, 1.54) is 16.4 Å². The predicted octanol–water partition coefficient (Wildman–Crippen LogP) is 1.45. The molecule has 2 atom stereocenters. The molecule has 1 aliphatic rings. The molecule has 9 heteroatoms. The third kappa shape index (κ3) is 4.91. The zero-order valence-corrected chi connectivity index (χ0v) is 16.0. The van der Waals surface area contributed by atoms with Crippen molar-refractivity contribution in [1.82, 2.24) is 9.21 Å². The van der Waals surface area contributed by atoms with Gasteiger partial charge < -0.3 is 10.6 Å². The molecule has 0 spiro atoms. The molecule has 1 aromatic rings. The number of hydrogen-bond acceptors (Lipinski definition) is 4. The van der Waals surface area contributed by atoms with Gasteiger partial charge in [0.15, 0.2) is 0 Å². The first kappa shape index (κ1) is 21.8. The summed E-state index contributed by atoms with van der Waals surface area (Å²) >= 11 is 0. The van der Waals surface area contributed by atoms with Crippen LogP contribution in [0.4, 0.5) is 4.39 Å². The number of piperazine rings is 1. The number of sulfonamides is 1. The maximum atomic E-state index is 13.0. The molecular formula is C16H25ClFN3O3S. The first-order valence-electron chi connectivity index (χ1n) is 8.07. The van der Waals surface area contributed by atoms with Crippen LogP contribution in [0, 0.1) is 11.7 Å². The fourth-order valence-corrected chi connectivity index (χ4v) is 4.03. The summed E-state index contributed by atoms with van der Waals surface area (Å²) in [5.74, 6) is -0.537. The Morgan fingerprint density at radius 3 is 2.20 bits per heavy atom. The molecule has 1 saturated heterocycles. The van der Waals surface area contributed by atoms with E-state index in [0.717, 1.165) is 18.6 Å². The van der Waals surface area contributed by atoms with Crippen molar-refractivity contribution >= 4 is 28.3 Å². The molecule has 0 bridgehead atoms. The molecule has 0 aromatic heterocycles. The van der Waals surface area contributed by atoms with Crippen molar-refractivity contribution in [2.45, 2.75) is 31.2 Å². The Balaban J connectivity index is 0.00000312. The van der Waals surface area contributed by atoms with Gasteiger partial charge in [0, 0.05) is 26.2 Å². The lowest BCUT2D eigenvalue weighted by atomic mass is 9.99. The third-order valence-electron chi connectivity index (χ3n) is 4.54. The minimum atomic E-state index is -3.67. The largest absolute Gasteiger partial charge is 0.339 e. The van der Waals surface area contributed by atoms with Crippen molar-refractivity contribution in [3.8, 4) is 0 Å². The standard InChI is InChI=1S/C16H24FN3O3S.ClH/c1-3-12(2)15(18)16(21)19-8-10-20(11-9-19)24(22,23)14-6-4-13(17)5-7-14;/h4-7,12,15H,3,8-11,18H2,1-2H3;1H. The lowest BCUT2D eigenvalue weighted by Crippen LogP contribution is -2.55. The number of halogens is 2. The minimum Gasteiger partial charge on any atom is -0.339 e. The molecule has 1 aromatic carbocycles. The van der Waals surface area contributed by atoms with Crippen LogP contribution >= 0.6 is 12.4 Å². The van der Waals surface area contributed by atoms with E-state index >= 15 is 0 Å². The Kier molecular flexibility index (Phi) is 7.80. The second-order valence-corrected chi connectivity index (χ2v) is 8.03. The van der Waals surface area contributed by atoms with Gasteiger partial charge in [-0.05, 0) is 30.2 Å². The molecular weight excluding hydrogens is 369 g/mol. The van der Waals surface area contributed by atoms with Crippen LogP contribution in [0.2, 0.25) is 0 Å². The number of nitrogens with two attached hydrogens (primary N) is 1. The zero-order chi connectivity index (χ0) is 17.9. The summed E-state index contributed by atoms with van der Waals surface area (Å²) in [5, 5.41) is 0. The van der Waals surface area contributed by atoms with E-state index in [9.17, 15) is 17.6 Å². The summed E-state index contributed by atoms with van der Waals surface area (Å²) in [6.45, 7) is 4.94. The molecule has 6 nitrogen and oxygen atoms in total. The number of nitrogens with zero attached hydrogens (tertiary/aromatic N) is 2. The fourth-order valence-electron chi connectivity index (χ4n) is 2.61. The highest BCUT2D eigenvalue weighted by atomic mass is 35.5. The third-order valence-corrected chi connectivity index (χ3v) is 6.46. The van der Waals surface area contributed by atoms with Crippen molar-refractivity contribution in [2.75, 3.05) is 26.2 Å². The van der Waals surface area contributed by atoms with E-state index in [2.05, 4.69) is 0 Å². The van der Waals surface area contributed by atoms with Crippen LogP contribution in [0.1, 0.15) is 20.3 Å². The molecule has 2 N–H and O–H groups in total. The zero-order valence-electron chi connectivity index (χ0n) is 14.4. The summed E-state index contributed by atoms with van der Waals surface area (Å²) < 4.78 is 39.4. The molecule has 0 saturated carbocycles. The van der Waals surface area contributed by atoms with Crippen LogP contribution in [0.15, 0.2) is 29.2 Å². The average Bonchev–Trinajstić information content (AvgIpc) is 2.60.